The fraction of sp³-hybridized carbons (Fsp3) is 0.483. The van der Waals surface area contributed by atoms with Gasteiger partial charge in [0.05, 0.1) is 0 Å². The lowest BCUT2D eigenvalue weighted by Crippen LogP contribution is -2.38. The van der Waals surface area contributed by atoms with Crippen molar-refractivity contribution < 1.29 is 4.79 Å². The Kier molecular flexibility index (Phi) is 8.69. The first-order valence-corrected chi connectivity index (χ1v) is 13.0. The zero-order chi connectivity index (χ0) is 24.6. The molecule has 0 radical (unpaired) electrons. The molecule has 1 saturated heterocycles. The molecular formula is C29H39N5O. The van der Waals surface area contributed by atoms with Gasteiger partial charge in [0.2, 0.25) is 0 Å². The molecule has 0 aromatic heterocycles. The van der Waals surface area contributed by atoms with Gasteiger partial charge in [-0.05, 0) is 74.7 Å². The molecule has 2 aliphatic heterocycles. The van der Waals surface area contributed by atoms with Crippen LogP contribution in [0.5, 0.6) is 0 Å². The van der Waals surface area contributed by atoms with Gasteiger partial charge in [-0.2, -0.15) is 0 Å². The van der Waals surface area contributed by atoms with Gasteiger partial charge in [-0.1, -0.05) is 38.0 Å². The summed E-state index contributed by atoms with van der Waals surface area (Å²) in [6.07, 6.45) is 15.3. The lowest BCUT2D eigenvalue weighted by Gasteiger charge is -2.23. The molecule has 0 spiro atoms. The molecule has 0 bridgehead atoms. The van der Waals surface area contributed by atoms with Gasteiger partial charge < -0.3 is 15.5 Å². The van der Waals surface area contributed by atoms with Crippen LogP contribution >= 0.6 is 0 Å². The average Bonchev–Trinajstić information content (AvgIpc) is 3.30. The van der Waals surface area contributed by atoms with Crippen LogP contribution in [0.2, 0.25) is 0 Å². The van der Waals surface area contributed by atoms with E-state index in [1.807, 2.05) is 49.7 Å². The van der Waals surface area contributed by atoms with E-state index in [1.54, 1.807) is 0 Å². The monoisotopic (exact) mass is 473 g/mol. The number of amides is 1. The smallest absolute Gasteiger partial charge is 0.251 e. The summed E-state index contributed by atoms with van der Waals surface area (Å²) in [5.74, 6) is 0.891. The number of rotatable bonds is 7. The fourth-order valence-corrected chi connectivity index (χ4v) is 5.15. The number of hydrogen-bond acceptors (Lipinski definition) is 4. The van der Waals surface area contributed by atoms with Gasteiger partial charge in [0, 0.05) is 55.1 Å². The molecule has 6 nitrogen and oxygen atoms in total. The Morgan fingerprint density at radius 2 is 1.94 bits per heavy atom. The zero-order valence-corrected chi connectivity index (χ0v) is 21.2. The highest BCUT2D eigenvalue weighted by molar-refractivity contribution is 6.06. The minimum atomic E-state index is -0.0195. The van der Waals surface area contributed by atoms with Gasteiger partial charge in [0.1, 0.15) is 5.84 Å². The van der Waals surface area contributed by atoms with Crippen LogP contribution < -0.4 is 10.6 Å². The van der Waals surface area contributed by atoms with Crippen LogP contribution in [0.3, 0.4) is 0 Å². The van der Waals surface area contributed by atoms with Crippen molar-refractivity contribution in [2.75, 3.05) is 27.2 Å². The highest BCUT2D eigenvalue weighted by Gasteiger charge is 2.21. The van der Waals surface area contributed by atoms with Crippen molar-refractivity contribution in [3.63, 3.8) is 0 Å². The minimum Gasteiger partial charge on any atom is -0.368 e. The molecule has 1 atom stereocenters. The van der Waals surface area contributed by atoms with E-state index in [1.165, 1.54) is 38.5 Å². The van der Waals surface area contributed by atoms with Crippen LogP contribution in [0, 0.1) is 0 Å². The van der Waals surface area contributed by atoms with Crippen molar-refractivity contribution in [3.8, 4) is 0 Å². The molecule has 2 heterocycles. The Hall–Kier alpha value is -2.99. The quantitative estimate of drug-likeness (QED) is 0.443. The van der Waals surface area contributed by atoms with E-state index in [2.05, 4.69) is 39.1 Å². The Morgan fingerprint density at radius 1 is 1.17 bits per heavy atom. The SMILES string of the molecule is C=C1CC(/C=C\C(=NC)NC2CCCCC2)=NC=C1c1ccc(C(=O)NCC2CCCN2C)cc1. The summed E-state index contributed by atoms with van der Waals surface area (Å²) in [4.78, 5) is 24.0. The van der Waals surface area contributed by atoms with Crippen LogP contribution in [-0.2, 0) is 0 Å². The molecule has 6 heteroatoms. The van der Waals surface area contributed by atoms with Crippen molar-refractivity contribution in [1.29, 1.82) is 0 Å². The van der Waals surface area contributed by atoms with Gasteiger partial charge in [0.25, 0.3) is 5.91 Å². The van der Waals surface area contributed by atoms with E-state index in [0.717, 1.165) is 41.2 Å². The lowest BCUT2D eigenvalue weighted by atomic mass is 9.93. The molecular weight excluding hydrogens is 434 g/mol. The molecule has 1 aromatic carbocycles. The fourth-order valence-electron chi connectivity index (χ4n) is 5.15. The lowest BCUT2D eigenvalue weighted by molar-refractivity contribution is 0.0943. The van der Waals surface area contributed by atoms with E-state index >= 15 is 0 Å². The van der Waals surface area contributed by atoms with Crippen LogP contribution in [-0.4, -0.2) is 61.6 Å². The minimum absolute atomic E-state index is 0.0195. The first kappa shape index (κ1) is 25.1. The number of nitrogens with one attached hydrogen (secondary N) is 2. The first-order valence-electron chi connectivity index (χ1n) is 13.0. The molecule has 1 aliphatic carbocycles. The summed E-state index contributed by atoms with van der Waals surface area (Å²) >= 11 is 0. The Bertz CT molecular complexity index is 1030. The molecule has 1 aromatic rings. The molecule has 1 amide bonds. The normalized spacial score (nSPS) is 22.3. The number of amidine groups is 1. The van der Waals surface area contributed by atoms with Crippen molar-refractivity contribution in [2.45, 2.75) is 63.5 Å². The van der Waals surface area contributed by atoms with E-state index in [4.69, 9.17) is 0 Å². The van der Waals surface area contributed by atoms with Crippen LogP contribution in [0.15, 0.2) is 64.8 Å². The third-order valence-electron chi connectivity index (χ3n) is 7.39. The third kappa shape index (κ3) is 6.79. The van der Waals surface area contributed by atoms with Gasteiger partial charge >= 0.3 is 0 Å². The molecule has 186 valence electrons. The average molecular weight is 474 g/mol. The largest absolute Gasteiger partial charge is 0.368 e. The number of aliphatic imine (C=N–C) groups is 2. The zero-order valence-electron chi connectivity index (χ0n) is 21.2. The molecule has 1 saturated carbocycles. The summed E-state index contributed by atoms with van der Waals surface area (Å²) in [6.45, 7) is 6.10. The van der Waals surface area contributed by atoms with E-state index in [9.17, 15) is 4.79 Å². The summed E-state index contributed by atoms with van der Waals surface area (Å²) in [6, 6.07) is 8.71. The summed E-state index contributed by atoms with van der Waals surface area (Å²) in [5.41, 5.74) is 4.73. The molecule has 1 unspecified atom stereocenters. The van der Waals surface area contributed by atoms with Crippen molar-refractivity contribution >= 4 is 23.0 Å². The van der Waals surface area contributed by atoms with Crippen molar-refractivity contribution in [2.24, 2.45) is 9.98 Å². The molecule has 2 fully saturated rings. The standard InChI is InChI=1S/C29H39N5O/c1-21-18-25(15-16-28(30-2)33-24-8-5-4-6-9-24)31-20-27(21)22-11-13-23(14-12-22)29(35)32-19-26-10-7-17-34(26)3/h11-16,20,24,26H,1,4-10,17-19H2,2-3H3,(H,30,33)(H,32,35)/b16-15-. The van der Waals surface area contributed by atoms with E-state index in [-0.39, 0.29) is 5.91 Å². The van der Waals surface area contributed by atoms with Gasteiger partial charge in [-0.3, -0.25) is 14.8 Å². The Balaban J connectivity index is 1.34. The van der Waals surface area contributed by atoms with Crippen LogP contribution in [0.25, 0.3) is 5.57 Å². The Labute approximate surface area is 210 Å². The van der Waals surface area contributed by atoms with Crippen molar-refractivity contribution in [1.82, 2.24) is 15.5 Å². The van der Waals surface area contributed by atoms with E-state index < -0.39 is 0 Å². The number of allylic oxidation sites excluding steroid dienone is 3. The molecule has 2 N–H and O–H groups in total. The maximum atomic E-state index is 12.6. The number of benzene rings is 1. The number of likely N-dealkylation sites (tertiary alicyclic amines) is 1. The number of likely N-dealkylation sites (N-methyl/N-ethyl adjacent to an activating group) is 1. The topological polar surface area (TPSA) is 69.1 Å². The number of hydrogen-bond donors (Lipinski definition) is 2. The van der Waals surface area contributed by atoms with Gasteiger partial charge in [-0.15, -0.1) is 0 Å². The first-order chi connectivity index (χ1) is 17.0. The third-order valence-corrected chi connectivity index (χ3v) is 7.39. The second kappa shape index (κ2) is 12.1. The van der Waals surface area contributed by atoms with Crippen molar-refractivity contribution in [3.05, 3.63) is 65.9 Å². The molecule has 4 rings (SSSR count). The summed E-state index contributed by atoms with van der Waals surface area (Å²) < 4.78 is 0. The number of carbonyl (C=O) groups excluding carboxylic acids is 1. The van der Waals surface area contributed by atoms with E-state index in [0.29, 0.717) is 30.6 Å². The highest BCUT2D eigenvalue weighted by Crippen LogP contribution is 2.28. The highest BCUT2D eigenvalue weighted by atomic mass is 16.1. The predicted molar refractivity (Wildman–Crippen MR) is 146 cm³/mol. The number of carbonyl (C=O) groups is 1. The molecule has 3 aliphatic rings. The predicted octanol–water partition coefficient (Wildman–Crippen LogP) is 4.76. The molecule has 35 heavy (non-hydrogen) atoms. The van der Waals surface area contributed by atoms with Crippen LogP contribution in [0.1, 0.15) is 67.3 Å². The second-order valence-corrected chi connectivity index (χ2v) is 9.93. The maximum Gasteiger partial charge on any atom is 0.251 e. The van der Waals surface area contributed by atoms with Gasteiger partial charge in [-0.25, -0.2) is 0 Å². The Morgan fingerprint density at radius 3 is 2.60 bits per heavy atom. The maximum absolute atomic E-state index is 12.6. The summed E-state index contributed by atoms with van der Waals surface area (Å²) in [7, 11) is 3.95. The second-order valence-electron chi connectivity index (χ2n) is 9.93. The van der Waals surface area contributed by atoms with Crippen LogP contribution in [0.4, 0.5) is 0 Å². The summed E-state index contributed by atoms with van der Waals surface area (Å²) in [5, 5.41) is 6.65. The van der Waals surface area contributed by atoms with Gasteiger partial charge in [0.15, 0.2) is 0 Å². The number of nitrogens with zero attached hydrogens (tertiary/aromatic N) is 3.